The Balaban J connectivity index is 2.34. The highest BCUT2D eigenvalue weighted by Gasteiger charge is 2.29. The normalized spacial score (nSPS) is 15.1. The van der Waals surface area contributed by atoms with Crippen molar-refractivity contribution in [2.45, 2.75) is 18.9 Å². The molecule has 1 N–H and O–H groups in total. The lowest BCUT2D eigenvalue weighted by Gasteiger charge is -2.03. The van der Waals surface area contributed by atoms with Gasteiger partial charge in [0.25, 0.3) is 5.78 Å². The van der Waals surface area contributed by atoms with Gasteiger partial charge in [0.15, 0.2) is 11.6 Å². The Morgan fingerprint density at radius 2 is 1.85 bits per heavy atom. The van der Waals surface area contributed by atoms with Crippen molar-refractivity contribution in [1.82, 2.24) is 5.32 Å². The van der Waals surface area contributed by atoms with E-state index in [0.29, 0.717) is 6.07 Å². The number of benzene rings is 1. The van der Waals surface area contributed by atoms with E-state index in [1.54, 1.807) is 0 Å². The summed E-state index contributed by atoms with van der Waals surface area (Å²) >= 11 is 0. The van der Waals surface area contributed by atoms with Crippen LogP contribution in [0.15, 0.2) is 24.0 Å². The fourth-order valence-electron chi connectivity index (χ4n) is 1.48. The van der Waals surface area contributed by atoms with Crippen molar-refractivity contribution in [1.29, 1.82) is 0 Å². The van der Waals surface area contributed by atoms with Crippen molar-refractivity contribution in [3.63, 3.8) is 0 Å². The zero-order valence-corrected chi connectivity index (χ0v) is 10.0. The molecule has 0 radical (unpaired) electrons. The average molecular weight is 286 g/mol. The quantitative estimate of drug-likeness (QED) is 0.296. The third-order valence-electron chi connectivity index (χ3n) is 2.72. The van der Waals surface area contributed by atoms with Crippen molar-refractivity contribution in [3.05, 3.63) is 57.2 Å². The van der Waals surface area contributed by atoms with Crippen molar-refractivity contribution in [2.24, 2.45) is 0 Å². The van der Waals surface area contributed by atoms with Gasteiger partial charge < -0.3 is 5.32 Å². The molecule has 0 aromatic heterocycles. The predicted octanol–water partition coefficient (Wildman–Crippen LogP) is 2.16. The lowest BCUT2D eigenvalue weighted by Crippen LogP contribution is -2.19. The molecule has 0 bridgehead atoms. The largest absolute Gasteiger partial charge is 0.383 e. The average Bonchev–Trinajstić information content (AvgIpc) is 3.17. The highest BCUT2D eigenvalue weighted by atomic mass is 19.2. The van der Waals surface area contributed by atoms with Gasteiger partial charge in [0.1, 0.15) is 5.82 Å². The maximum absolute atomic E-state index is 13.4. The van der Waals surface area contributed by atoms with Crippen LogP contribution >= 0.6 is 0 Å². The second-order valence-electron chi connectivity index (χ2n) is 4.30. The van der Waals surface area contributed by atoms with Gasteiger partial charge in [-0.15, -0.1) is 0 Å². The first-order valence-electron chi connectivity index (χ1n) is 5.70. The van der Waals surface area contributed by atoms with Gasteiger partial charge in [-0.2, -0.15) is 0 Å². The molecule has 0 atom stereocenters. The molecule has 1 aromatic carbocycles. The van der Waals surface area contributed by atoms with Crippen LogP contribution in [0.25, 0.3) is 0 Å². The van der Waals surface area contributed by atoms with Gasteiger partial charge in [-0.05, 0) is 18.9 Å². The minimum atomic E-state index is -1.47. The van der Waals surface area contributed by atoms with Gasteiger partial charge in [-0.1, -0.05) is 0 Å². The first-order chi connectivity index (χ1) is 9.40. The Morgan fingerprint density at radius 3 is 2.40 bits per heavy atom. The summed E-state index contributed by atoms with van der Waals surface area (Å²) in [5, 5.41) is 13.4. The molecule has 0 aliphatic heterocycles. The third kappa shape index (κ3) is 2.95. The molecule has 1 aliphatic carbocycles. The number of nitrogens with one attached hydrogen (secondary N) is 1. The highest BCUT2D eigenvalue weighted by molar-refractivity contribution is 6.07. The number of rotatable bonds is 5. The SMILES string of the molecule is O=C(/C(=C\NC1CC1)[N+](=O)[O-])c1cc(F)c(F)cc1F. The van der Waals surface area contributed by atoms with E-state index in [1.807, 2.05) is 0 Å². The second-order valence-corrected chi connectivity index (χ2v) is 4.30. The Hall–Kier alpha value is -2.38. The molecule has 1 aliphatic rings. The number of halogens is 3. The van der Waals surface area contributed by atoms with Gasteiger partial charge >= 0.3 is 5.70 Å². The van der Waals surface area contributed by atoms with Crippen LogP contribution < -0.4 is 5.32 Å². The monoisotopic (exact) mass is 286 g/mol. The van der Waals surface area contributed by atoms with Crippen LogP contribution in [-0.4, -0.2) is 16.7 Å². The molecule has 2 rings (SSSR count). The molecule has 0 heterocycles. The van der Waals surface area contributed by atoms with Crippen LogP contribution in [0.2, 0.25) is 0 Å². The fourth-order valence-corrected chi connectivity index (χ4v) is 1.48. The van der Waals surface area contributed by atoms with Crippen LogP contribution in [0, 0.1) is 27.6 Å². The van der Waals surface area contributed by atoms with Crippen molar-refractivity contribution < 1.29 is 22.9 Å². The number of hydrogen-bond donors (Lipinski definition) is 1. The Kier molecular flexibility index (Phi) is 3.73. The van der Waals surface area contributed by atoms with E-state index in [1.165, 1.54) is 0 Å². The summed E-state index contributed by atoms with van der Waals surface area (Å²) in [6, 6.07) is 0.531. The van der Waals surface area contributed by atoms with Crippen LogP contribution in [0.1, 0.15) is 23.2 Å². The van der Waals surface area contributed by atoms with Crippen LogP contribution in [-0.2, 0) is 0 Å². The van der Waals surface area contributed by atoms with E-state index in [4.69, 9.17) is 0 Å². The molecule has 8 heteroatoms. The summed E-state index contributed by atoms with van der Waals surface area (Å²) in [6.07, 6.45) is 2.49. The third-order valence-corrected chi connectivity index (χ3v) is 2.72. The van der Waals surface area contributed by atoms with E-state index in [9.17, 15) is 28.1 Å². The first-order valence-corrected chi connectivity index (χ1v) is 5.70. The van der Waals surface area contributed by atoms with E-state index in [2.05, 4.69) is 5.32 Å². The van der Waals surface area contributed by atoms with Crippen LogP contribution in [0.4, 0.5) is 13.2 Å². The molecule has 106 valence electrons. The molecule has 1 aromatic rings. The predicted molar refractivity (Wildman–Crippen MR) is 61.9 cm³/mol. The van der Waals surface area contributed by atoms with Gasteiger partial charge in [0.2, 0.25) is 0 Å². The molecule has 1 saturated carbocycles. The maximum Gasteiger partial charge on any atom is 0.332 e. The number of hydrogen-bond acceptors (Lipinski definition) is 4. The van der Waals surface area contributed by atoms with E-state index >= 15 is 0 Å². The lowest BCUT2D eigenvalue weighted by molar-refractivity contribution is -0.417. The summed E-state index contributed by atoms with van der Waals surface area (Å²) in [4.78, 5) is 21.6. The van der Waals surface area contributed by atoms with Gasteiger partial charge in [0.05, 0.1) is 16.7 Å². The number of allylic oxidation sites excluding steroid dienone is 1. The van der Waals surface area contributed by atoms with Crippen molar-refractivity contribution in [2.75, 3.05) is 0 Å². The maximum atomic E-state index is 13.4. The highest BCUT2D eigenvalue weighted by Crippen LogP contribution is 2.20. The van der Waals surface area contributed by atoms with Crippen molar-refractivity contribution >= 4 is 5.78 Å². The molecule has 20 heavy (non-hydrogen) atoms. The lowest BCUT2D eigenvalue weighted by atomic mass is 10.1. The first kappa shape index (κ1) is 14.0. The zero-order chi connectivity index (χ0) is 14.9. The zero-order valence-electron chi connectivity index (χ0n) is 10.0. The minimum Gasteiger partial charge on any atom is -0.383 e. The van der Waals surface area contributed by atoms with Gasteiger partial charge in [-0.3, -0.25) is 14.9 Å². The van der Waals surface area contributed by atoms with Gasteiger partial charge in [0, 0.05) is 12.1 Å². The van der Waals surface area contributed by atoms with Crippen molar-refractivity contribution in [3.8, 4) is 0 Å². The number of Topliss-reactive ketones (excluding diaryl/α,β-unsaturated/α-hetero) is 1. The summed E-state index contributed by atoms with van der Waals surface area (Å²) in [5.41, 5.74) is -1.81. The van der Waals surface area contributed by atoms with Gasteiger partial charge in [-0.25, -0.2) is 13.2 Å². The Labute approximate surface area is 111 Å². The summed E-state index contributed by atoms with van der Waals surface area (Å²) in [7, 11) is 0. The van der Waals surface area contributed by atoms with Crippen LogP contribution in [0.5, 0.6) is 0 Å². The number of carbonyl (C=O) groups is 1. The molecule has 5 nitrogen and oxygen atoms in total. The van der Waals surface area contributed by atoms with Crippen LogP contribution in [0.3, 0.4) is 0 Å². The summed E-state index contributed by atoms with van der Waals surface area (Å²) in [6.45, 7) is 0. The minimum absolute atomic E-state index is 0.0487. The molecular weight excluding hydrogens is 277 g/mol. The molecule has 0 unspecified atom stereocenters. The molecule has 1 fully saturated rings. The smallest absolute Gasteiger partial charge is 0.332 e. The van der Waals surface area contributed by atoms with E-state index < -0.39 is 39.4 Å². The van der Waals surface area contributed by atoms with E-state index in [-0.39, 0.29) is 12.1 Å². The van der Waals surface area contributed by atoms with E-state index in [0.717, 1.165) is 19.0 Å². The molecular formula is C12H9F3N2O3. The summed E-state index contributed by atoms with van der Waals surface area (Å²) < 4.78 is 39.2. The summed E-state index contributed by atoms with van der Waals surface area (Å²) in [5.74, 6) is -5.60. The second kappa shape index (κ2) is 5.32. The Morgan fingerprint density at radius 1 is 1.25 bits per heavy atom. The number of carbonyl (C=O) groups excluding carboxylic acids is 1. The molecule has 0 spiro atoms. The fraction of sp³-hybridized carbons (Fsp3) is 0.250. The molecule has 0 amide bonds. The standard InChI is InChI=1S/C12H9F3N2O3/c13-8-4-10(15)9(14)3-7(8)12(18)11(17(19)20)5-16-6-1-2-6/h3-6,16H,1-2H2/b11-5+. The number of nitrogens with zero attached hydrogens (tertiary/aromatic N) is 1. The molecule has 0 saturated heterocycles. The number of ketones is 1. The topological polar surface area (TPSA) is 72.2 Å². The Bertz CT molecular complexity index is 612. The number of nitro groups is 1.